The molecule has 412 valence electrons. The molecule has 3 aliphatic rings. The van der Waals surface area contributed by atoms with Crippen LogP contribution in [0.2, 0.25) is 0 Å². The predicted octanol–water partition coefficient (Wildman–Crippen LogP) is 3.73. The lowest BCUT2D eigenvalue weighted by Crippen LogP contribution is -2.60. The zero-order chi connectivity index (χ0) is 56.2. The molecule has 5 heterocycles. The van der Waals surface area contributed by atoms with Gasteiger partial charge in [0.1, 0.15) is 93.6 Å². The minimum atomic E-state index is -2.01. The van der Waals surface area contributed by atoms with Crippen LogP contribution in [-0.4, -0.2) is 145 Å². The molecule has 0 aliphatic carbocycles. The number of aliphatic hydroxyl groups excluding tert-OH is 6. The van der Waals surface area contributed by atoms with Gasteiger partial charge in [0, 0.05) is 46.2 Å². The second kappa shape index (κ2) is 19.5. The Morgan fingerprint density at radius 1 is 0.582 bits per heavy atom. The van der Waals surface area contributed by atoms with E-state index in [1.165, 1.54) is 50.6 Å². The highest BCUT2D eigenvalue weighted by atomic mass is 16.7. The maximum Gasteiger partial charge on any atom is 0.347 e. The van der Waals surface area contributed by atoms with Crippen molar-refractivity contribution in [3.63, 3.8) is 0 Å². The van der Waals surface area contributed by atoms with Crippen molar-refractivity contribution in [2.75, 3.05) is 20.8 Å². The molecule has 79 heavy (non-hydrogen) atoms. The Hall–Kier alpha value is -9.01. The number of hydrogen-bond acceptors (Lipinski definition) is 23. The summed E-state index contributed by atoms with van der Waals surface area (Å²) in [5, 5.41) is 167. The van der Waals surface area contributed by atoms with E-state index >= 15 is 0 Å². The standard InChI is InChI=1S/C55H48O24/c1-72-36-9-20(10-37(73-2)44(36)67)51-53(79-55-48(71)47(70)45(68)38(17-56)76-55)23-14-35(74-33-11-21(57)12-34(75-51)39(23)33)40-29(63)16-31(65)42-43(46(69)50(78-54(40)42)19-4-6-25(59)28(62)8-19)41-30(64)15-26(60)22-13-32(66)49(77-52(22)41)18-3-5-24(58)27(61)7-18/h3-12,14-16,32,38,43,45-50,55-56,58-71H,13,17H2,1-2H3/p+1/t32-,38+,43?,45+,46-,47-,48+,49+,50+,55-/m0/s1. The van der Waals surface area contributed by atoms with Gasteiger partial charge in [-0.1, -0.05) is 12.1 Å². The number of ether oxygens (including phenoxy) is 6. The SMILES string of the molecule is COc1cc(-c2oc3cc(=[OH+])cc4oc(-c5c(O)cc(O)c6c5O[C@H](c5ccc(O)c(O)c5)[C@@H](O)C6c5c(O)cc(O)c6c5O[C@H](c5ccc(O)c(O)c5)[C@@H](O)C6)cc(c2O[C@@H]2O[C@H](CO)[C@@H](O)[C@H](O)[C@H]2O)c43)cc(OC)c1O. The van der Waals surface area contributed by atoms with Crippen LogP contribution in [0.3, 0.4) is 0 Å². The number of phenols is 9. The third kappa shape index (κ3) is 8.49. The molecule has 0 bridgehead atoms. The number of phenolic OH excluding ortho intramolecular Hbond substituents is 9. The average Bonchev–Trinajstić information content (AvgIpc) is 3.45. The lowest BCUT2D eigenvalue weighted by atomic mass is 9.76. The summed E-state index contributed by atoms with van der Waals surface area (Å²) >= 11 is 0. The van der Waals surface area contributed by atoms with Gasteiger partial charge in [-0.15, -0.1) is 0 Å². The third-order valence-corrected chi connectivity index (χ3v) is 14.4. The van der Waals surface area contributed by atoms with Gasteiger partial charge in [0.15, 0.2) is 52.1 Å². The second-order valence-corrected chi connectivity index (χ2v) is 19.1. The van der Waals surface area contributed by atoms with Crippen molar-refractivity contribution >= 4 is 21.9 Å². The van der Waals surface area contributed by atoms with Gasteiger partial charge in [-0.25, -0.2) is 0 Å². The van der Waals surface area contributed by atoms with E-state index in [2.05, 4.69) is 0 Å². The largest absolute Gasteiger partial charge is 0.507 e. The predicted molar refractivity (Wildman–Crippen MR) is 268 cm³/mol. The molecule has 10 atom stereocenters. The molecule has 24 nitrogen and oxygen atoms in total. The third-order valence-electron chi connectivity index (χ3n) is 14.4. The average molecular weight is 1090 g/mol. The Bertz CT molecular complexity index is 3780. The summed E-state index contributed by atoms with van der Waals surface area (Å²) in [6.07, 6.45) is -16.0. The summed E-state index contributed by atoms with van der Waals surface area (Å²) in [7, 11) is 2.51. The smallest absolute Gasteiger partial charge is 0.347 e. The van der Waals surface area contributed by atoms with Crippen LogP contribution in [0.5, 0.6) is 80.5 Å². The highest BCUT2D eigenvalue weighted by Crippen LogP contribution is 2.61. The van der Waals surface area contributed by atoms with E-state index in [0.717, 1.165) is 42.5 Å². The Balaban J connectivity index is 1.20. The molecule has 16 N–H and O–H groups in total. The number of benzene rings is 6. The molecular weight excluding hydrogens is 1040 g/mol. The van der Waals surface area contributed by atoms with Crippen molar-refractivity contribution in [1.29, 1.82) is 0 Å². The Kier molecular flexibility index (Phi) is 12.8. The number of methoxy groups -OCH3 is 2. The molecular formula is C55H49O24+. The molecule has 0 radical (unpaired) electrons. The first-order chi connectivity index (χ1) is 37.7. The lowest BCUT2D eigenvalue weighted by Gasteiger charge is -2.41. The molecule has 3 aliphatic heterocycles. The van der Waals surface area contributed by atoms with Crippen LogP contribution in [-0.2, 0) is 11.2 Å². The van der Waals surface area contributed by atoms with Crippen LogP contribution >= 0.6 is 0 Å². The number of aliphatic hydroxyl groups is 6. The summed E-state index contributed by atoms with van der Waals surface area (Å²) in [6, 6.07) is 15.0. The van der Waals surface area contributed by atoms with E-state index in [1.54, 1.807) is 0 Å². The van der Waals surface area contributed by atoms with Crippen molar-refractivity contribution in [2.45, 2.75) is 67.5 Å². The number of aromatic hydroxyl groups is 9. The normalized spacial score (nSPS) is 23.6. The molecule has 6 aromatic carbocycles. The van der Waals surface area contributed by atoms with Crippen LogP contribution in [0.15, 0.2) is 87.7 Å². The summed E-state index contributed by atoms with van der Waals surface area (Å²) < 4.78 is 49.0. The van der Waals surface area contributed by atoms with Gasteiger partial charge in [-0.3, -0.25) is 4.79 Å². The molecule has 8 aromatic rings. The first-order valence-corrected chi connectivity index (χ1v) is 24.1. The van der Waals surface area contributed by atoms with Crippen LogP contribution in [0, 0.1) is 0 Å². The summed E-state index contributed by atoms with van der Waals surface area (Å²) in [6.45, 7) is -0.853. The maximum absolute atomic E-state index is 12.7. The zero-order valence-electron chi connectivity index (χ0n) is 41.1. The molecule has 0 saturated carbocycles. The van der Waals surface area contributed by atoms with E-state index in [4.69, 9.17) is 37.3 Å². The fourth-order valence-electron chi connectivity index (χ4n) is 10.5. The lowest BCUT2D eigenvalue weighted by molar-refractivity contribution is -0.277. The molecule has 0 spiro atoms. The van der Waals surface area contributed by atoms with E-state index in [-0.39, 0.29) is 90.5 Å². The Labute approximate surface area is 443 Å². The van der Waals surface area contributed by atoms with Gasteiger partial charge < -0.3 is 114 Å². The topological polar surface area (TPSA) is 407 Å². The van der Waals surface area contributed by atoms with Gasteiger partial charge >= 0.3 is 5.43 Å². The minimum Gasteiger partial charge on any atom is -0.507 e. The first-order valence-electron chi connectivity index (χ1n) is 24.1. The second-order valence-electron chi connectivity index (χ2n) is 19.1. The van der Waals surface area contributed by atoms with Crippen molar-refractivity contribution in [3.05, 3.63) is 112 Å². The summed E-state index contributed by atoms with van der Waals surface area (Å²) in [5.74, 6) is -9.46. The highest BCUT2D eigenvalue weighted by molar-refractivity contribution is 6.10. The molecule has 0 amide bonds. The van der Waals surface area contributed by atoms with Crippen molar-refractivity contribution < 1.29 is 119 Å². The summed E-state index contributed by atoms with van der Waals surface area (Å²) in [5.41, 5.74) is -1.85. The number of rotatable bonds is 10. The Morgan fingerprint density at radius 3 is 1.77 bits per heavy atom. The highest BCUT2D eigenvalue weighted by Gasteiger charge is 2.49. The van der Waals surface area contributed by atoms with Gasteiger partial charge in [-0.2, -0.15) is 0 Å². The van der Waals surface area contributed by atoms with Crippen molar-refractivity contribution in [3.8, 4) is 103 Å². The van der Waals surface area contributed by atoms with E-state index in [1.807, 2.05) is 0 Å². The fourth-order valence-corrected chi connectivity index (χ4v) is 10.5. The van der Waals surface area contributed by atoms with Gasteiger partial charge in [0.2, 0.25) is 12.0 Å². The van der Waals surface area contributed by atoms with Crippen LogP contribution in [0.4, 0.5) is 0 Å². The first kappa shape index (κ1) is 52.1. The molecule has 2 aromatic heterocycles. The zero-order valence-corrected chi connectivity index (χ0v) is 41.1. The van der Waals surface area contributed by atoms with E-state index < -0.39 is 142 Å². The number of fused-ring (bicyclic) bond motifs is 2. The fraction of sp³-hybridized carbons (Fsp3) is 0.255. The molecule has 1 saturated heterocycles. The van der Waals surface area contributed by atoms with Gasteiger partial charge in [0.25, 0.3) is 0 Å². The molecule has 11 rings (SSSR count). The molecule has 1 fully saturated rings. The maximum atomic E-state index is 12.7. The minimum absolute atomic E-state index is 0.0343. The van der Waals surface area contributed by atoms with Gasteiger partial charge in [-0.05, 0) is 53.6 Å². The quantitative estimate of drug-likeness (QED) is 0.0685. The summed E-state index contributed by atoms with van der Waals surface area (Å²) in [4.78, 5) is 11.2. The number of hydrogen-bond donors (Lipinski definition) is 15. The van der Waals surface area contributed by atoms with Crippen LogP contribution < -0.4 is 29.1 Å². The van der Waals surface area contributed by atoms with Crippen LogP contribution in [0.1, 0.15) is 45.9 Å². The van der Waals surface area contributed by atoms with Crippen LogP contribution in [0.25, 0.3) is 44.6 Å². The monoisotopic (exact) mass is 1090 g/mol. The van der Waals surface area contributed by atoms with Gasteiger partial charge in [0.05, 0.1) is 50.4 Å². The van der Waals surface area contributed by atoms with Crippen molar-refractivity contribution in [2.24, 2.45) is 0 Å². The van der Waals surface area contributed by atoms with Crippen molar-refractivity contribution in [1.82, 2.24) is 0 Å². The van der Waals surface area contributed by atoms with E-state index in [9.17, 15) is 81.4 Å². The molecule has 1 unspecified atom stereocenters. The Morgan fingerprint density at radius 2 is 1.16 bits per heavy atom. The molecule has 24 heteroatoms. The van der Waals surface area contributed by atoms with E-state index in [0.29, 0.717) is 0 Å².